The molecule has 0 unspecified atom stereocenters. The summed E-state index contributed by atoms with van der Waals surface area (Å²) in [5, 5.41) is 0. The lowest BCUT2D eigenvalue weighted by Crippen LogP contribution is -2.31. The fraction of sp³-hybridized carbons (Fsp3) is 0.632. The number of nitrogens with zero attached hydrogens (tertiary/aromatic N) is 1. The zero-order chi connectivity index (χ0) is 16.4. The Balaban J connectivity index is 3.42. The van der Waals surface area contributed by atoms with E-state index < -0.39 is 0 Å². The van der Waals surface area contributed by atoms with Crippen LogP contribution < -0.4 is 0 Å². The van der Waals surface area contributed by atoms with Gasteiger partial charge in [-0.3, -0.25) is 4.79 Å². The largest absolute Gasteiger partial charge is 0.339 e. The van der Waals surface area contributed by atoms with Gasteiger partial charge in [-0.05, 0) is 47.9 Å². The molecule has 0 aromatic heterocycles. The molecular weight excluding hydrogens is 258 g/mol. The monoisotopic (exact) mass is 289 g/mol. The Kier molecular flexibility index (Phi) is 5.25. The smallest absolute Gasteiger partial charge is 0.253 e. The topological polar surface area (TPSA) is 20.3 Å². The summed E-state index contributed by atoms with van der Waals surface area (Å²) in [6, 6.07) is 6.38. The standard InChI is InChI=1S/C19H31NO/c1-9-20(10-2)17(21)14-11-15(18(3,4)5)13-16(12-14)19(6,7)8/h11-13H,9-10H2,1-8H3. The Morgan fingerprint density at radius 1 is 0.857 bits per heavy atom. The van der Waals surface area contributed by atoms with E-state index >= 15 is 0 Å². The molecule has 0 spiro atoms. The molecule has 21 heavy (non-hydrogen) atoms. The Morgan fingerprint density at radius 3 is 1.52 bits per heavy atom. The maximum absolute atomic E-state index is 12.7. The molecule has 0 aliphatic carbocycles. The quantitative estimate of drug-likeness (QED) is 0.785. The number of benzene rings is 1. The lowest BCUT2D eigenvalue weighted by molar-refractivity contribution is 0.0772. The van der Waals surface area contributed by atoms with E-state index in [1.54, 1.807) is 0 Å². The zero-order valence-corrected chi connectivity index (χ0v) is 15.0. The summed E-state index contributed by atoms with van der Waals surface area (Å²) in [5.74, 6) is 0.136. The molecule has 0 bridgehead atoms. The Labute approximate surface area is 130 Å². The van der Waals surface area contributed by atoms with Crippen LogP contribution >= 0.6 is 0 Å². The number of hydrogen-bond donors (Lipinski definition) is 0. The summed E-state index contributed by atoms with van der Waals surface area (Å²) in [7, 11) is 0. The van der Waals surface area contributed by atoms with Gasteiger partial charge in [-0.25, -0.2) is 0 Å². The summed E-state index contributed by atoms with van der Waals surface area (Å²) in [5.41, 5.74) is 3.35. The highest BCUT2D eigenvalue weighted by atomic mass is 16.2. The minimum absolute atomic E-state index is 0.0412. The van der Waals surface area contributed by atoms with Crippen LogP contribution in [0.15, 0.2) is 18.2 Å². The molecule has 2 heteroatoms. The molecule has 0 fully saturated rings. The maximum Gasteiger partial charge on any atom is 0.253 e. The van der Waals surface area contributed by atoms with E-state index in [1.807, 2.05) is 18.7 Å². The average Bonchev–Trinajstić information content (AvgIpc) is 2.37. The molecule has 1 aromatic carbocycles. The highest BCUT2D eigenvalue weighted by molar-refractivity contribution is 5.94. The van der Waals surface area contributed by atoms with Crippen molar-refractivity contribution in [2.24, 2.45) is 0 Å². The SMILES string of the molecule is CCN(CC)C(=O)c1cc(C(C)(C)C)cc(C(C)(C)C)c1. The molecular formula is C19H31NO. The molecule has 0 saturated carbocycles. The van der Waals surface area contributed by atoms with Crippen molar-refractivity contribution in [1.82, 2.24) is 4.90 Å². The van der Waals surface area contributed by atoms with E-state index in [0.29, 0.717) is 0 Å². The molecule has 0 atom stereocenters. The summed E-state index contributed by atoms with van der Waals surface area (Å²) >= 11 is 0. The van der Waals surface area contributed by atoms with Gasteiger partial charge < -0.3 is 4.90 Å². The van der Waals surface area contributed by atoms with Gasteiger partial charge in [-0.1, -0.05) is 47.6 Å². The number of carbonyl (C=O) groups is 1. The van der Waals surface area contributed by atoms with E-state index in [0.717, 1.165) is 18.7 Å². The van der Waals surface area contributed by atoms with Gasteiger partial charge in [0.15, 0.2) is 0 Å². The molecule has 1 amide bonds. The molecule has 0 aliphatic heterocycles. The van der Waals surface area contributed by atoms with Gasteiger partial charge >= 0.3 is 0 Å². The highest BCUT2D eigenvalue weighted by Crippen LogP contribution is 2.30. The Morgan fingerprint density at radius 2 is 1.24 bits per heavy atom. The number of amides is 1. The first-order chi connectivity index (χ1) is 9.50. The summed E-state index contributed by atoms with van der Waals surface area (Å²) in [6.45, 7) is 18.7. The van der Waals surface area contributed by atoms with Crippen LogP contribution in [0.2, 0.25) is 0 Å². The maximum atomic E-state index is 12.7. The van der Waals surface area contributed by atoms with Crippen molar-refractivity contribution in [3.63, 3.8) is 0 Å². The summed E-state index contributed by atoms with van der Waals surface area (Å²) in [6.07, 6.45) is 0. The predicted molar refractivity (Wildman–Crippen MR) is 91.1 cm³/mol. The normalized spacial score (nSPS) is 12.4. The third kappa shape index (κ3) is 4.33. The van der Waals surface area contributed by atoms with Crippen LogP contribution in [0.3, 0.4) is 0 Å². The lowest BCUT2D eigenvalue weighted by atomic mass is 9.79. The van der Waals surface area contributed by atoms with Crippen molar-refractivity contribution in [2.45, 2.75) is 66.2 Å². The second-order valence-electron chi connectivity index (χ2n) is 7.78. The van der Waals surface area contributed by atoms with Crippen molar-refractivity contribution in [3.8, 4) is 0 Å². The first-order valence-electron chi connectivity index (χ1n) is 7.96. The molecule has 118 valence electrons. The predicted octanol–water partition coefficient (Wildman–Crippen LogP) is 4.76. The van der Waals surface area contributed by atoms with Gasteiger partial charge in [0.2, 0.25) is 0 Å². The van der Waals surface area contributed by atoms with E-state index in [1.165, 1.54) is 11.1 Å². The van der Waals surface area contributed by atoms with Gasteiger partial charge in [0.25, 0.3) is 5.91 Å². The highest BCUT2D eigenvalue weighted by Gasteiger charge is 2.23. The van der Waals surface area contributed by atoms with Gasteiger partial charge in [-0.15, -0.1) is 0 Å². The van der Waals surface area contributed by atoms with Crippen molar-refractivity contribution in [1.29, 1.82) is 0 Å². The zero-order valence-electron chi connectivity index (χ0n) is 15.0. The van der Waals surface area contributed by atoms with Crippen LogP contribution in [0.4, 0.5) is 0 Å². The molecule has 0 radical (unpaired) electrons. The fourth-order valence-corrected chi connectivity index (χ4v) is 2.31. The van der Waals surface area contributed by atoms with Gasteiger partial charge in [0.05, 0.1) is 0 Å². The number of carbonyl (C=O) groups excluding carboxylic acids is 1. The third-order valence-corrected chi connectivity index (χ3v) is 3.96. The molecule has 2 nitrogen and oxygen atoms in total. The van der Waals surface area contributed by atoms with Crippen LogP contribution in [0.25, 0.3) is 0 Å². The molecule has 0 saturated heterocycles. The Hall–Kier alpha value is -1.31. The van der Waals surface area contributed by atoms with Crippen molar-refractivity contribution in [3.05, 3.63) is 34.9 Å². The van der Waals surface area contributed by atoms with Crippen molar-refractivity contribution in [2.75, 3.05) is 13.1 Å². The number of rotatable bonds is 3. The molecule has 0 N–H and O–H groups in total. The van der Waals surface area contributed by atoms with E-state index in [4.69, 9.17) is 0 Å². The fourth-order valence-electron chi connectivity index (χ4n) is 2.31. The van der Waals surface area contributed by atoms with Crippen molar-refractivity contribution < 1.29 is 4.79 Å². The van der Waals surface area contributed by atoms with E-state index in [9.17, 15) is 4.79 Å². The third-order valence-electron chi connectivity index (χ3n) is 3.96. The van der Waals surface area contributed by atoms with Crippen LogP contribution in [0.1, 0.15) is 76.9 Å². The van der Waals surface area contributed by atoms with Gasteiger partial charge in [0, 0.05) is 18.7 Å². The second kappa shape index (κ2) is 6.21. The first-order valence-corrected chi connectivity index (χ1v) is 7.96. The summed E-state index contributed by atoms with van der Waals surface area (Å²) < 4.78 is 0. The number of hydrogen-bond acceptors (Lipinski definition) is 1. The average molecular weight is 289 g/mol. The van der Waals surface area contributed by atoms with E-state index in [2.05, 4.69) is 59.7 Å². The molecule has 0 heterocycles. The summed E-state index contributed by atoms with van der Waals surface area (Å²) in [4.78, 5) is 14.6. The molecule has 1 aromatic rings. The second-order valence-corrected chi connectivity index (χ2v) is 7.78. The van der Waals surface area contributed by atoms with Crippen molar-refractivity contribution >= 4 is 5.91 Å². The molecule has 1 rings (SSSR count). The minimum atomic E-state index is 0.0412. The minimum Gasteiger partial charge on any atom is -0.339 e. The van der Waals surface area contributed by atoms with Crippen LogP contribution in [0.5, 0.6) is 0 Å². The van der Waals surface area contributed by atoms with Gasteiger partial charge in [0.1, 0.15) is 0 Å². The first kappa shape index (κ1) is 17.7. The van der Waals surface area contributed by atoms with Crippen LogP contribution in [-0.4, -0.2) is 23.9 Å². The molecule has 0 aliphatic rings. The van der Waals surface area contributed by atoms with E-state index in [-0.39, 0.29) is 16.7 Å². The van der Waals surface area contributed by atoms with Gasteiger partial charge in [-0.2, -0.15) is 0 Å². The van der Waals surface area contributed by atoms with Crippen LogP contribution in [-0.2, 0) is 10.8 Å². The van der Waals surface area contributed by atoms with Crippen LogP contribution in [0, 0.1) is 0 Å². The lowest BCUT2D eigenvalue weighted by Gasteiger charge is -2.27. The Bertz CT molecular complexity index is 467.